The summed E-state index contributed by atoms with van der Waals surface area (Å²) in [6, 6.07) is 19.7. The number of rotatable bonds is 23. The van der Waals surface area contributed by atoms with E-state index in [9.17, 15) is 19.2 Å². The zero-order chi connectivity index (χ0) is 40.2. The summed E-state index contributed by atoms with van der Waals surface area (Å²) in [5.41, 5.74) is 1.37. The number of thiazole rings is 1. The lowest BCUT2D eigenvalue weighted by Crippen LogP contribution is -2.30. The standard InChI is InChI=1S/C44H51N3O9S/c1-3-5-6-11-26-47(44-46-38-14-9-10-15-40(38)57-44)45-30-34-29-37(54-31-48)24-25-39(34)56-43(51)33-18-16-32(17-19-33)42(50)55-36-22-20-35(21-23-36)52-27-12-7-8-13-28-53-41(49)4-2/h4,9-10,14-15,20-25,29-33H,2-3,5-8,11-13,16-19,26-28H2,1H3/b45-30-/t32-,33-. The first-order valence-corrected chi connectivity index (χ1v) is 20.5. The van der Waals surface area contributed by atoms with E-state index in [0.29, 0.717) is 69.0 Å². The smallest absolute Gasteiger partial charge is 0.330 e. The predicted molar refractivity (Wildman–Crippen MR) is 220 cm³/mol. The van der Waals surface area contributed by atoms with Crippen LogP contribution in [-0.4, -0.2) is 55.3 Å². The highest BCUT2D eigenvalue weighted by atomic mass is 32.1. The number of aromatic nitrogens is 1. The van der Waals surface area contributed by atoms with Crippen LogP contribution in [0.15, 0.2) is 84.5 Å². The van der Waals surface area contributed by atoms with Crippen LogP contribution in [0.4, 0.5) is 5.13 Å². The van der Waals surface area contributed by atoms with E-state index in [2.05, 4.69) is 13.5 Å². The first kappa shape index (κ1) is 42.6. The first-order chi connectivity index (χ1) is 27.9. The van der Waals surface area contributed by atoms with Crippen molar-refractivity contribution in [3.8, 4) is 23.0 Å². The molecule has 1 aliphatic rings. The van der Waals surface area contributed by atoms with Crippen LogP contribution in [0.5, 0.6) is 23.0 Å². The Balaban J connectivity index is 1.11. The fourth-order valence-corrected chi connectivity index (χ4v) is 7.33. The van der Waals surface area contributed by atoms with Crippen molar-refractivity contribution < 1.29 is 42.9 Å². The lowest BCUT2D eigenvalue weighted by Gasteiger charge is -2.26. The molecular weight excluding hydrogens is 747 g/mol. The van der Waals surface area contributed by atoms with E-state index in [1.807, 2.05) is 29.3 Å². The first-order valence-electron chi connectivity index (χ1n) is 19.7. The average Bonchev–Trinajstić information content (AvgIpc) is 3.67. The fourth-order valence-electron chi connectivity index (χ4n) is 6.38. The van der Waals surface area contributed by atoms with Gasteiger partial charge in [0.15, 0.2) is 0 Å². The molecule has 302 valence electrons. The third-order valence-corrected chi connectivity index (χ3v) is 10.6. The number of hydrogen-bond donors (Lipinski definition) is 0. The van der Waals surface area contributed by atoms with Gasteiger partial charge in [-0.2, -0.15) is 5.10 Å². The molecule has 0 unspecified atom stereocenters. The van der Waals surface area contributed by atoms with Gasteiger partial charge in [0, 0.05) is 18.2 Å². The Bertz CT molecular complexity index is 1920. The molecule has 0 N–H and O–H groups in total. The predicted octanol–water partition coefficient (Wildman–Crippen LogP) is 9.24. The highest BCUT2D eigenvalue weighted by molar-refractivity contribution is 7.22. The molecule has 0 amide bonds. The van der Waals surface area contributed by atoms with Crippen LogP contribution in [0.3, 0.4) is 0 Å². The van der Waals surface area contributed by atoms with Gasteiger partial charge in [-0.05, 0) is 112 Å². The number of carbonyl (C=O) groups excluding carboxylic acids is 4. The quantitative estimate of drug-likeness (QED) is 0.0135. The number of hydrazone groups is 1. The molecule has 1 aliphatic carbocycles. The van der Waals surface area contributed by atoms with Gasteiger partial charge in [-0.3, -0.25) is 14.4 Å². The summed E-state index contributed by atoms with van der Waals surface area (Å²) in [7, 11) is 0. The van der Waals surface area contributed by atoms with E-state index in [1.54, 1.807) is 60.0 Å². The van der Waals surface area contributed by atoms with Crippen LogP contribution in [-0.2, 0) is 23.9 Å². The zero-order valence-corrected chi connectivity index (χ0v) is 33.3. The number of anilines is 1. The Labute approximate surface area is 337 Å². The van der Waals surface area contributed by atoms with Crippen LogP contribution in [0.1, 0.15) is 89.5 Å². The molecule has 0 radical (unpaired) electrons. The number of ether oxygens (including phenoxy) is 5. The van der Waals surface area contributed by atoms with E-state index < -0.39 is 17.9 Å². The second kappa shape index (κ2) is 22.9. The highest BCUT2D eigenvalue weighted by Gasteiger charge is 2.32. The number of fused-ring (bicyclic) bond motifs is 1. The molecule has 1 fully saturated rings. The number of benzene rings is 3. The van der Waals surface area contributed by atoms with Crippen molar-refractivity contribution in [3.63, 3.8) is 0 Å². The van der Waals surface area contributed by atoms with Crippen LogP contribution < -0.4 is 24.0 Å². The van der Waals surface area contributed by atoms with Crippen LogP contribution >= 0.6 is 11.3 Å². The van der Waals surface area contributed by atoms with Gasteiger partial charge in [0.2, 0.25) is 5.13 Å². The molecule has 0 aliphatic heterocycles. The van der Waals surface area contributed by atoms with Crippen molar-refractivity contribution >= 4 is 57.3 Å². The summed E-state index contributed by atoms with van der Waals surface area (Å²) in [4.78, 5) is 53.5. The fraction of sp³-hybridized carbons (Fsp3) is 0.409. The van der Waals surface area contributed by atoms with E-state index >= 15 is 0 Å². The summed E-state index contributed by atoms with van der Waals surface area (Å²) in [5, 5.41) is 7.41. The maximum absolute atomic E-state index is 13.5. The third-order valence-electron chi connectivity index (χ3n) is 9.59. The summed E-state index contributed by atoms with van der Waals surface area (Å²) in [6.45, 7) is 7.48. The van der Waals surface area contributed by atoms with Gasteiger partial charge in [0.1, 0.15) is 23.0 Å². The minimum atomic E-state index is -0.403. The maximum atomic E-state index is 13.5. The van der Waals surface area contributed by atoms with Gasteiger partial charge in [0.05, 0.1) is 41.5 Å². The minimum absolute atomic E-state index is 0.287. The van der Waals surface area contributed by atoms with Crippen molar-refractivity contribution in [2.45, 2.75) is 84.0 Å². The monoisotopic (exact) mass is 797 g/mol. The molecule has 1 saturated carbocycles. The Morgan fingerprint density at radius 1 is 0.825 bits per heavy atom. The van der Waals surface area contributed by atoms with Crippen LogP contribution in [0.2, 0.25) is 0 Å². The Kier molecular flexibility index (Phi) is 17.1. The number of carbonyl (C=O) groups is 4. The van der Waals surface area contributed by atoms with Gasteiger partial charge in [0.25, 0.3) is 6.47 Å². The molecule has 1 aromatic heterocycles. The van der Waals surface area contributed by atoms with Crippen LogP contribution in [0, 0.1) is 11.8 Å². The van der Waals surface area contributed by atoms with Gasteiger partial charge in [-0.15, -0.1) is 0 Å². The molecule has 0 bridgehead atoms. The molecule has 0 saturated heterocycles. The number of para-hydroxylation sites is 1. The van der Waals surface area contributed by atoms with Crippen LogP contribution in [0.25, 0.3) is 10.2 Å². The normalized spacial score (nSPS) is 15.2. The van der Waals surface area contributed by atoms with Gasteiger partial charge < -0.3 is 23.7 Å². The second-order valence-corrected chi connectivity index (χ2v) is 14.8. The van der Waals surface area contributed by atoms with Crippen molar-refractivity contribution in [3.05, 3.63) is 84.9 Å². The Morgan fingerprint density at radius 3 is 2.19 bits per heavy atom. The van der Waals surface area contributed by atoms with Crippen molar-refractivity contribution in [2.24, 2.45) is 16.9 Å². The third kappa shape index (κ3) is 13.6. The largest absolute Gasteiger partial charge is 0.494 e. The molecular formula is C44H51N3O9S. The average molecular weight is 798 g/mol. The molecule has 12 nitrogen and oxygen atoms in total. The number of unbranched alkanes of at least 4 members (excludes halogenated alkanes) is 6. The topological polar surface area (TPSA) is 143 Å². The van der Waals surface area contributed by atoms with Crippen molar-refractivity contribution in [1.82, 2.24) is 4.98 Å². The lowest BCUT2D eigenvalue weighted by molar-refractivity contribution is -0.145. The SMILES string of the molecule is C=CC(=O)OCCCCCCOc1ccc(OC(=O)[C@H]2CC[C@H](C(=O)Oc3ccc(OC=O)cc3/C=N\N(CCCCCC)c3nc4ccccc4s3)CC2)cc1. The minimum Gasteiger partial charge on any atom is -0.494 e. The summed E-state index contributed by atoms with van der Waals surface area (Å²) in [5.74, 6) is -0.166. The molecule has 5 rings (SSSR count). The number of esters is 3. The van der Waals surface area contributed by atoms with Gasteiger partial charge >= 0.3 is 17.9 Å². The molecule has 4 aromatic rings. The van der Waals surface area contributed by atoms with E-state index in [1.165, 1.54) is 0 Å². The highest BCUT2D eigenvalue weighted by Crippen LogP contribution is 2.33. The van der Waals surface area contributed by atoms with E-state index in [4.69, 9.17) is 33.8 Å². The molecule has 57 heavy (non-hydrogen) atoms. The van der Waals surface area contributed by atoms with Crippen molar-refractivity contribution in [1.29, 1.82) is 0 Å². The van der Waals surface area contributed by atoms with Gasteiger partial charge in [-0.25, -0.2) is 14.8 Å². The van der Waals surface area contributed by atoms with E-state index in [0.717, 1.165) is 72.8 Å². The Hall–Kier alpha value is -5.56. The van der Waals surface area contributed by atoms with Gasteiger partial charge in [-0.1, -0.05) is 56.2 Å². The number of nitrogens with zero attached hydrogens (tertiary/aromatic N) is 3. The van der Waals surface area contributed by atoms with E-state index in [-0.39, 0.29) is 23.4 Å². The summed E-state index contributed by atoms with van der Waals surface area (Å²) < 4.78 is 28.5. The lowest BCUT2D eigenvalue weighted by atomic mass is 9.82. The molecule has 0 spiro atoms. The second-order valence-electron chi connectivity index (χ2n) is 13.8. The molecule has 1 heterocycles. The zero-order valence-electron chi connectivity index (χ0n) is 32.5. The molecule has 0 atom stereocenters. The Morgan fingerprint density at radius 2 is 1.49 bits per heavy atom. The molecule has 13 heteroatoms. The summed E-state index contributed by atoms with van der Waals surface area (Å²) >= 11 is 1.55. The number of hydrogen-bond acceptors (Lipinski definition) is 13. The molecule has 3 aromatic carbocycles. The maximum Gasteiger partial charge on any atom is 0.330 e. The van der Waals surface area contributed by atoms with Crippen molar-refractivity contribution in [2.75, 3.05) is 24.8 Å². The summed E-state index contributed by atoms with van der Waals surface area (Å²) in [6.07, 6.45) is 12.5.